The molecular formula is C16H25NS. The molecule has 0 amide bonds. The van der Waals surface area contributed by atoms with Crippen molar-refractivity contribution < 1.29 is 0 Å². The normalized spacial score (nSPS) is 31.3. The van der Waals surface area contributed by atoms with Gasteiger partial charge in [0.2, 0.25) is 0 Å². The highest BCUT2D eigenvalue weighted by molar-refractivity contribution is 7.11. The molecule has 0 bridgehead atoms. The maximum Gasteiger partial charge on any atom is 0.0144 e. The predicted molar refractivity (Wildman–Crippen MR) is 79.2 cm³/mol. The highest BCUT2D eigenvalue weighted by Crippen LogP contribution is 2.55. The van der Waals surface area contributed by atoms with Crippen LogP contribution in [0, 0.1) is 17.8 Å². The number of fused-ring (bicyclic) bond motifs is 1. The van der Waals surface area contributed by atoms with Crippen molar-refractivity contribution in [2.24, 2.45) is 17.8 Å². The van der Waals surface area contributed by atoms with Crippen molar-refractivity contribution >= 4 is 11.3 Å². The van der Waals surface area contributed by atoms with Gasteiger partial charge in [0.25, 0.3) is 0 Å². The first kappa shape index (κ1) is 12.7. The molecule has 0 aromatic carbocycles. The Balaban J connectivity index is 1.62. The maximum absolute atomic E-state index is 3.75. The summed E-state index contributed by atoms with van der Waals surface area (Å²) in [5.74, 6) is 3.15. The summed E-state index contributed by atoms with van der Waals surface area (Å²) in [5, 5.41) is 3.75. The highest BCUT2D eigenvalue weighted by Gasteiger charge is 2.47. The van der Waals surface area contributed by atoms with Crippen molar-refractivity contribution in [1.82, 2.24) is 5.32 Å². The second-order valence-electron chi connectivity index (χ2n) is 6.08. The third kappa shape index (κ3) is 2.65. The molecular weight excluding hydrogens is 238 g/mol. The van der Waals surface area contributed by atoms with Crippen LogP contribution in [0.1, 0.15) is 42.9 Å². The Labute approximate surface area is 115 Å². The summed E-state index contributed by atoms with van der Waals surface area (Å²) in [5.41, 5.74) is 0. The van der Waals surface area contributed by atoms with Gasteiger partial charge in [0.1, 0.15) is 0 Å². The molecule has 2 aliphatic carbocycles. The van der Waals surface area contributed by atoms with Gasteiger partial charge in [-0.05, 0) is 68.5 Å². The number of nitrogens with one attached hydrogen (secondary N) is 1. The van der Waals surface area contributed by atoms with Crippen molar-refractivity contribution in [3.8, 4) is 0 Å². The summed E-state index contributed by atoms with van der Waals surface area (Å²) < 4.78 is 0. The van der Waals surface area contributed by atoms with Crippen LogP contribution in [0.15, 0.2) is 12.1 Å². The van der Waals surface area contributed by atoms with Crippen molar-refractivity contribution in [1.29, 1.82) is 0 Å². The zero-order valence-electron chi connectivity index (χ0n) is 11.6. The fourth-order valence-corrected chi connectivity index (χ4v) is 4.71. The fourth-order valence-electron chi connectivity index (χ4n) is 3.70. The molecule has 3 rings (SSSR count). The summed E-state index contributed by atoms with van der Waals surface area (Å²) >= 11 is 2.02. The van der Waals surface area contributed by atoms with Crippen LogP contribution in [0.2, 0.25) is 0 Å². The first-order valence-electron chi connectivity index (χ1n) is 7.61. The predicted octanol–water partition coefficient (Wildman–Crippen LogP) is 3.88. The molecule has 1 N–H and O–H groups in total. The summed E-state index contributed by atoms with van der Waals surface area (Å²) in [6.45, 7) is 5.61. The number of likely N-dealkylation sites (N-methyl/N-ethyl adjacent to an activating group) is 1. The number of aryl methyl sites for hydroxylation is 1. The number of rotatable bonds is 6. The highest BCUT2D eigenvalue weighted by atomic mass is 32.1. The second-order valence-corrected chi connectivity index (χ2v) is 7.33. The molecule has 18 heavy (non-hydrogen) atoms. The van der Waals surface area contributed by atoms with Gasteiger partial charge in [0, 0.05) is 15.8 Å². The molecule has 1 heterocycles. The van der Waals surface area contributed by atoms with Gasteiger partial charge in [-0.15, -0.1) is 11.3 Å². The van der Waals surface area contributed by atoms with Crippen LogP contribution in [-0.4, -0.2) is 12.6 Å². The van der Waals surface area contributed by atoms with Gasteiger partial charge in [-0.3, -0.25) is 0 Å². The number of hydrogen-bond donors (Lipinski definition) is 1. The van der Waals surface area contributed by atoms with Crippen molar-refractivity contribution in [3.63, 3.8) is 0 Å². The van der Waals surface area contributed by atoms with Crippen molar-refractivity contribution in [3.05, 3.63) is 21.9 Å². The van der Waals surface area contributed by atoms with Gasteiger partial charge in [-0.2, -0.15) is 0 Å². The Bertz CT molecular complexity index is 388. The summed E-state index contributed by atoms with van der Waals surface area (Å²) in [6, 6.07) is 5.39. The quantitative estimate of drug-likeness (QED) is 0.821. The van der Waals surface area contributed by atoms with Gasteiger partial charge in [0.05, 0.1) is 0 Å². The SMILES string of the molecule is CCNC(Cc1ccc(CC)s1)C1CC2CC2C1. The van der Waals surface area contributed by atoms with Crippen LogP contribution in [-0.2, 0) is 12.8 Å². The van der Waals surface area contributed by atoms with Gasteiger partial charge < -0.3 is 5.32 Å². The molecule has 2 aliphatic rings. The van der Waals surface area contributed by atoms with Gasteiger partial charge in [-0.1, -0.05) is 13.8 Å². The summed E-state index contributed by atoms with van der Waals surface area (Å²) in [4.78, 5) is 3.12. The molecule has 2 fully saturated rings. The lowest BCUT2D eigenvalue weighted by molar-refractivity contribution is 0.338. The van der Waals surface area contributed by atoms with Crippen molar-refractivity contribution in [2.75, 3.05) is 6.54 Å². The minimum atomic E-state index is 0.728. The Hall–Kier alpha value is -0.340. The zero-order chi connectivity index (χ0) is 12.5. The molecule has 3 unspecified atom stereocenters. The van der Waals surface area contributed by atoms with E-state index in [9.17, 15) is 0 Å². The Morgan fingerprint density at radius 2 is 1.89 bits per heavy atom. The summed E-state index contributed by atoms with van der Waals surface area (Å²) in [7, 11) is 0. The van der Waals surface area contributed by atoms with E-state index in [2.05, 4.69) is 31.3 Å². The van der Waals surface area contributed by atoms with Crippen molar-refractivity contribution in [2.45, 2.75) is 52.0 Å². The maximum atomic E-state index is 3.75. The molecule has 0 saturated heterocycles. The van der Waals surface area contributed by atoms with Crippen LogP contribution >= 0.6 is 11.3 Å². The van der Waals surface area contributed by atoms with Gasteiger partial charge in [0.15, 0.2) is 0 Å². The number of thiophene rings is 1. The molecule has 1 nitrogen and oxygen atoms in total. The lowest BCUT2D eigenvalue weighted by atomic mass is 9.91. The van der Waals surface area contributed by atoms with E-state index in [-0.39, 0.29) is 0 Å². The van der Waals surface area contributed by atoms with Crippen LogP contribution in [0.25, 0.3) is 0 Å². The van der Waals surface area contributed by atoms with E-state index in [1.165, 1.54) is 37.0 Å². The second kappa shape index (κ2) is 5.34. The molecule has 0 aliphatic heterocycles. The molecule has 2 heteroatoms. The van der Waals surface area contributed by atoms with Crippen LogP contribution < -0.4 is 5.32 Å². The molecule has 2 saturated carbocycles. The third-order valence-corrected chi connectivity index (χ3v) is 6.05. The van der Waals surface area contributed by atoms with E-state index in [0.29, 0.717) is 0 Å². The van der Waals surface area contributed by atoms with E-state index in [4.69, 9.17) is 0 Å². The van der Waals surface area contributed by atoms with Crippen LogP contribution in [0.3, 0.4) is 0 Å². The van der Waals surface area contributed by atoms with E-state index in [1.807, 2.05) is 11.3 Å². The lowest BCUT2D eigenvalue weighted by Crippen LogP contribution is -2.37. The van der Waals surface area contributed by atoms with E-state index in [0.717, 1.165) is 30.3 Å². The minimum absolute atomic E-state index is 0.728. The van der Waals surface area contributed by atoms with Gasteiger partial charge >= 0.3 is 0 Å². The van der Waals surface area contributed by atoms with E-state index in [1.54, 1.807) is 4.88 Å². The molecule has 0 spiro atoms. The van der Waals surface area contributed by atoms with Crippen LogP contribution in [0.4, 0.5) is 0 Å². The zero-order valence-corrected chi connectivity index (χ0v) is 12.4. The molecule has 0 radical (unpaired) electrons. The Morgan fingerprint density at radius 3 is 2.50 bits per heavy atom. The van der Waals surface area contributed by atoms with Crippen LogP contribution in [0.5, 0.6) is 0 Å². The molecule has 100 valence electrons. The Kier molecular flexibility index (Phi) is 3.76. The number of hydrogen-bond acceptors (Lipinski definition) is 2. The van der Waals surface area contributed by atoms with Gasteiger partial charge in [-0.25, -0.2) is 0 Å². The first-order chi connectivity index (χ1) is 8.80. The average Bonchev–Trinajstić information content (AvgIpc) is 2.81. The lowest BCUT2D eigenvalue weighted by Gasteiger charge is -2.25. The topological polar surface area (TPSA) is 12.0 Å². The standard InChI is InChI=1S/C16H25NS/c1-3-14-5-6-15(18-14)10-16(17-4-2)13-8-11-7-12(11)9-13/h5-6,11-13,16-17H,3-4,7-10H2,1-2H3. The molecule has 3 atom stereocenters. The van der Waals surface area contributed by atoms with E-state index >= 15 is 0 Å². The monoisotopic (exact) mass is 263 g/mol. The third-order valence-electron chi connectivity index (χ3n) is 4.80. The smallest absolute Gasteiger partial charge is 0.0144 e. The summed E-state index contributed by atoms with van der Waals surface area (Å²) in [6.07, 6.45) is 6.96. The van der Waals surface area contributed by atoms with E-state index < -0.39 is 0 Å². The molecule has 1 aromatic heterocycles. The Morgan fingerprint density at radius 1 is 1.17 bits per heavy atom. The fraction of sp³-hybridized carbons (Fsp3) is 0.750. The largest absolute Gasteiger partial charge is 0.314 e. The average molecular weight is 263 g/mol. The molecule has 1 aromatic rings. The first-order valence-corrected chi connectivity index (χ1v) is 8.42. The minimum Gasteiger partial charge on any atom is -0.314 e.